The molecule has 0 rings (SSSR count). The molecule has 0 aliphatic carbocycles. The summed E-state index contributed by atoms with van der Waals surface area (Å²) in [6.45, 7) is 15.4. The minimum absolute atomic E-state index is 0.231. The van der Waals surface area contributed by atoms with Crippen LogP contribution >= 0.6 is 0 Å². The summed E-state index contributed by atoms with van der Waals surface area (Å²) in [5, 5.41) is 6.93. The zero-order valence-electron chi connectivity index (χ0n) is 12.1. The third-order valence-corrected chi connectivity index (χ3v) is 2.94. The van der Waals surface area contributed by atoms with Crippen LogP contribution in [0.15, 0.2) is 0 Å². The molecule has 0 radical (unpaired) electrons. The molecule has 0 amide bonds. The van der Waals surface area contributed by atoms with Crippen LogP contribution in [0.4, 0.5) is 0 Å². The highest BCUT2D eigenvalue weighted by molar-refractivity contribution is 4.70. The molecular weight excluding hydrogens is 198 g/mol. The molecule has 0 spiro atoms. The van der Waals surface area contributed by atoms with E-state index < -0.39 is 0 Å². The molecular formula is C13H31N3. The minimum Gasteiger partial charge on any atom is -0.314 e. The van der Waals surface area contributed by atoms with E-state index in [4.69, 9.17) is 0 Å². The van der Waals surface area contributed by atoms with Crippen LogP contribution in [-0.2, 0) is 0 Å². The van der Waals surface area contributed by atoms with E-state index in [-0.39, 0.29) is 5.54 Å². The molecule has 0 saturated carbocycles. The normalized spacial score (nSPS) is 14.4. The Bertz CT molecular complexity index is 163. The zero-order valence-corrected chi connectivity index (χ0v) is 12.1. The lowest BCUT2D eigenvalue weighted by molar-refractivity contribution is 0.251. The summed E-state index contributed by atoms with van der Waals surface area (Å²) in [6, 6.07) is 0.689. The summed E-state index contributed by atoms with van der Waals surface area (Å²) in [6.07, 6.45) is 1.22. The Balaban J connectivity index is 3.34. The van der Waals surface area contributed by atoms with Gasteiger partial charge in [-0.15, -0.1) is 0 Å². The Morgan fingerprint density at radius 1 is 1.12 bits per heavy atom. The lowest BCUT2D eigenvalue weighted by Gasteiger charge is -2.24. The van der Waals surface area contributed by atoms with Crippen molar-refractivity contribution >= 4 is 0 Å². The molecule has 0 aromatic carbocycles. The number of likely N-dealkylation sites (N-methyl/N-ethyl adjacent to an activating group) is 1. The molecule has 2 N–H and O–H groups in total. The van der Waals surface area contributed by atoms with Crippen LogP contribution in [0.25, 0.3) is 0 Å². The van der Waals surface area contributed by atoms with Gasteiger partial charge in [-0.1, -0.05) is 6.92 Å². The van der Waals surface area contributed by atoms with Crippen LogP contribution in [-0.4, -0.2) is 49.7 Å². The fourth-order valence-corrected chi connectivity index (χ4v) is 1.44. The number of rotatable bonds is 8. The highest BCUT2D eigenvalue weighted by Gasteiger charge is 2.07. The van der Waals surface area contributed by atoms with Crippen LogP contribution in [0, 0.1) is 0 Å². The Morgan fingerprint density at radius 2 is 1.75 bits per heavy atom. The average molecular weight is 229 g/mol. The maximum Gasteiger partial charge on any atom is 0.0107 e. The molecule has 3 nitrogen and oxygen atoms in total. The molecule has 0 heterocycles. The van der Waals surface area contributed by atoms with Crippen molar-refractivity contribution in [3.63, 3.8) is 0 Å². The van der Waals surface area contributed by atoms with E-state index in [0.29, 0.717) is 6.04 Å². The largest absolute Gasteiger partial charge is 0.314 e. The summed E-state index contributed by atoms with van der Waals surface area (Å²) in [7, 11) is 2.20. The number of nitrogens with zero attached hydrogens (tertiary/aromatic N) is 1. The van der Waals surface area contributed by atoms with Gasteiger partial charge in [0.1, 0.15) is 0 Å². The minimum atomic E-state index is 0.231. The van der Waals surface area contributed by atoms with Crippen molar-refractivity contribution in [2.24, 2.45) is 0 Å². The molecule has 0 aliphatic heterocycles. The summed E-state index contributed by atoms with van der Waals surface area (Å²) in [4.78, 5) is 2.41. The Labute approximate surface area is 102 Å². The van der Waals surface area contributed by atoms with Crippen LogP contribution in [0.2, 0.25) is 0 Å². The highest BCUT2D eigenvalue weighted by Crippen LogP contribution is 1.98. The Hall–Kier alpha value is -0.120. The summed E-state index contributed by atoms with van der Waals surface area (Å²) >= 11 is 0. The predicted molar refractivity (Wildman–Crippen MR) is 73.0 cm³/mol. The van der Waals surface area contributed by atoms with Gasteiger partial charge in [-0.2, -0.15) is 0 Å². The monoisotopic (exact) mass is 229 g/mol. The molecule has 0 aromatic heterocycles. The second-order valence-electron chi connectivity index (χ2n) is 5.66. The first kappa shape index (κ1) is 15.9. The topological polar surface area (TPSA) is 27.3 Å². The van der Waals surface area contributed by atoms with E-state index in [1.165, 1.54) is 6.42 Å². The van der Waals surface area contributed by atoms with Gasteiger partial charge in [0.05, 0.1) is 0 Å². The maximum absolute atomic E-state index is 3.47. The van der Waals surface area contributed by atoms with E-state index >= 15 is 0 Å². The quantitative estimate of drug-likeness (QED) is 0.620. The number of hydrogen-bond acceptors (Lipinski definition) is 3. The van der Waals surface area contributed by atoms with Crippen LogP contribution in [0.3, 0.4) is 0 Å². The van der Waals surface area contributed by atoms with Crippen molar-refractivity contribution in [2.75, 3.05) is 33.2 Å². The molecule has 0 fully saturated rings. The van der Waals surface area contributed by atoms with Crippen LogP contribution in [0.5, 0.6) is 0 Å². The first-order chi connectivity index (χ1) is 7.37. The molecule has 16 heavy (non-hydrogen) atoms. The van der Waals surface area contributed by atoms with Gasteiger partial charge >= 0.3 is 0 Å². The van der Waals surface area contributed by atoms with Crippen molar-refractivity contribution in [1.82, 2.24) is 15.5 Å². The molecule has 0 aliphatic rings. The van der Waals surface area contributed by atoms with Gasteiger partial charge in [0.2, 0.25) is 0 Å². The maximum atomic E-state index is 3.47. The van der Waals surface area contributed by atoms with Gasteiger partial charge < -0.3 is 15.5 Å². The van der Waals surface area contributed by atoms with Gasteiger partial charge in [0.25, 0.3) is 0 Å². The van der Waals surface area contributed by atoms with Crippen LogP contribution < -0.4 is 10.6 Å². The molecule has 0 bridgehead atoms. The predicted octanol–water partition coefficient (Wildman–Crippen LogP) is 1.69. The fraction of sp³-hybridized carbons (Fsp3) is 1.00. The SMILES string of the molecule is CCC(C)N(C)CCNCCNC(C)(C)C. The third-order valence-electron chi connectivity index (χ3n) is 2.94. The second-order valence-corrected chi connectivity index (χ2v) is 5.66. The van der Waals surface area contributed by atoms with E-state index in [1.807, 2.05) is 0 Å². The van der Waals surface area contributed by atoms with Gasteiger partial charge in [-0.05, 0) is 41.2 Å². The summed E-state index contributed by atoms with van der Waals surface area (Å²) < 4.78 is 0. The average Bonchev–Trinajstić information content (AvgIpc) is 2.20. The van der Waals surface area contributed by atoms with Crippen molar-refractivity contribution in [3.8, 4) is 0 Å². The van der Waals surface area contributed by atoms with Gasteiger partial charge in [-0.3, -0.25) is 0 Å². The van der Waals surface area contributed by atoms with Crippen molar-refractivity contribution in [3.05, 3.63) is 0 Å². The van der Waals surface area contributed by atoms with Crippen molar-refractivity contribution < 1.29 is 0 Å². The number of nitrogens with one attached hydrogen (secondary N) is 2. The second kappa shape index (κ2) is 8.04. The smallest absolute Gasteiger partial charge is 0.0107 e. The van der Waals surface area contributed by atoms with E-state index in [9.17, 15) is 0 Å². The highest BCUT2D eigenvalue weighted by atomic mass is 15.1. The zero-order chi connectivity index (χ0) is 12.6. The Kier molecular flexibility index (Phi) is 7.98. The summed E-state index contributed by atoms with van der Waals surface area (Å²) in [5.74, 6) is 0. The molecule has 0 aromatic rings. The van der Waals surface area contributed by atoms with Gasteiger partial charge in [0, 0.05) is 37.8 Å². The molecule has 1 unspecified atom stereocenters. The Morgan fingerprint density at radius 3 is 2.25 bits per heavy atom. The lowest BCUT2D eigenvalue weighted by atomic mass is 10.1. The van der Waals surface area contributed by atoms with Gasteiger partial charge in [-0.25, -0.2) is 0 Å². The summed E-state index contributed by atoms with van der Waals surface area (Å²) in [5.41, 5.74) is 0.231. The van der Waals surface area contributed by atoms with Crippen molar-refractivity contribution in [1.29, 1.82) is 0 Å². The molecule has 0 saturated heterocycles. The first-order valence-electron chi connectivity index (χ1n) is 6.53. The lowest BCUT2D eigenvalue weighted by Crippen LogP contribution is -2.41. The fourth-order valence-electron chi connectivity index (χ4n) is 1.44. The first-order valence-corrected chi connectivity index (χ1v) is 6.53. The third kappa shape index (κ3) is 9.13. The van der Waals surface area contributed by atoms with E-state index in [0.717, 1.165) is 26.2 Å². The van der Waals surface area contributed by atoms with Gasteiger partial charge in [0.15, 0.2) is 0 Å². The molecule has 1 atom stereocenters. The van der Waals surface area contributed by atoms with Crippen molar-refractivity contribution in [2.45, 2.75) is 52.6 Å². The molecule has 3 heteroatoms. The molecule has 98 valence electrons. The van der Waals surface area contributed by atoms with Crippen LogP contribution in [0.1, 0.15) is 41.0 Å². The van der Waals surface area contributed by atoms with E-state index in [1.54, 1.807) is 0 Å². The standard InChI is InChI=1S/C13H31N3/c1-7-12(2)16(6)11-10-14-8-9-15-13(3,4)5/h12,14-15H,7-11H2,1-6H3. The van der Waals surface area contributed by atoms with E-state index in [2.05, 4.69) is 57.2 Å². The number of hydrogen-bond donors (Lipinski definition) is 2.